The molecule has 0 saturated carbocycles. The molecule has 1 amide bonds. The molecule has 86 valence electrons. The van der Waals surface area contributed by atoms with E-state index in [4.69, 9.17) is 5.11 Å². The lowest BCUT2D eigenvalue weighted by atomic mass is 9.96. The first-order chi connectivity index (χ1) is 7.15. The molecular formula is C10H18N2O3. The number of hydrogen-bond acceptors (Lipinski definition) is 3. The van der Waals surface area contributed by atoms with Crippen molar-refractivity contribution < 1.29 is 14.7 Å². The SMILES string of the molecule is CCN(CC(=O)O)C(=O)C1CCNCC1. The number of rotatable bonds is 4. The Balaban J connectivity index is 2.50. The molecular weight excluding hydrogens is 196 g/mol. The third-order valence-electron chi connectivity index (χ3n) is 2.71. The predicted molar refractivity (Wildman–Crippen MR) is 55.5 cm³/mol. The first-order valence-corrected chi connectivity index (χ1v) is 5.36. The number of carbonyl (C=O) groups is 2. The molecule has 0 atom stereocenters. The molecule has 15 heavy (non-hydrogen) atoms. The maximum absolute atomic E-state index is 11.9. The van der Waals surface area contributed by atoms with Crippen molar-refractivity contribution in [2.24, 2.45) is 5.92 Å². The molecule has 1 rings (SSSR count). The zero-order valence-corrected chi connectivity index (χ0v) is 9.03. The predicted octanol–water partition coefficient (Wildman–Crippen LogP) is -0.0809. The van der Waals surface area contributed by atoms with Crippen molar-refractivity contribution >= 4 is 11.9 Å². The molecule has 5 nitrogen and oxygen atoms in total. The minimum absolute atomic E-state index is 0.00514. The van der Waals surface area contributed by atoms with Crippen molar-refractivity contribution in [2.45, 2.75) is 19.8 Å². The summed E-state index contributed by atoms with van der Waals surface area (Å²) in [6.07, 6.45) is 1.63. The number of hydrogen-bond donors (Lipinski definition) is 2. The van der Waals surface area contributed by atoms with Gasteiger partial charge in [0.05, 0.1) is 0 Å². The lowest BCUT2D eigenvalue weighted by molar-refractivity contribution is -0.146. The highest BCUT2D eigenvalue weighted by Crippen LogP contribution is 2.14. The van der Waals surface area contributed by atoms with Gasteiger partial charge in [0.15, 0.2) is 0 Å². The summed E-state index contributed by atoms with van der Waals surface area (Å²) in [4.78, 5) is 23.9. The minimum Gasteiger partial charge on any atom is -0.480 e. The van der Waals surface area contributed by atoms with Crippen molar-refractivity contribution in [2.75, 3.05) is 26.2 Å². The Kier molecular flexibility index (Phi) is 4.55. The van der Waals surface area contributed by atoms with Crippen LogP contribution in [0.1, 0.15) is 19.8 Å². The van der Waals surface area contributed by atoms with Crippen LogP contribution in [0.3, 0.4) is 0 Å². The van der Waals surface area contributed by atoms with Crippen molar-refractivity contribution in [1.82, 2.24) is 10.2 Å². The highest BCUT2D eigenvalue weighted by Gasteiger charge is 2.25. The van der Waals surface area contributed by atoms with Gasteiger partial charge in [-0.3, -0.25) is 9.59 Å². The Morgan fingerprint density at radius 1 is 1.40 bits per heavy atom. The summed E-state index contributed by atoms with van der Waals surface area (Å²) in [5.41, 5.74) is 0. The molecule has 1 aliphatic rings. The molecule has 1 aliphatic heterocycles. The van der Waals surface area contributed by atoms with E-state index in [0.29, 0.717) is 6.54 Å². The van der Waals surface area contributed by atoms with Crippen LogP contribution in [0.5, 0.6) is 0 Å². The van der Waals surface area contributed by atoms with E-state index in [2.05, 4.69) is 5.32 Å². The average molecular weight is 214 g/mol. The van der Waals surface area contributed by atoms with Crippen LogP contribution < -0.4 is 5.32 Å². The lowest BCUT2D eigenvalue weighted by Crippen LogP contribution is -2.43. The number of likely N-dealkylation sites (N-methyl/N-ethyl adjacent to an activating group) is 1. The van der Waals surface area contributed by atoms with Crippen LogP contribution in [0.15, 0.2) is 0 Å². The smallest absolute Gasteiger partial charge is 0.323 e. The van der Waals surface area contributed by atoms with Crippen molar-refractivity contribution in [1.29, 1.82) is 0 Å². The molecule has 1 heterocycles. The van der Waals surface area contributed by atoms with Gasteiger partial charge in [-0.25, -0.2) is 0 Å². The Hall–Kier alpha value is -1.10. The second kappa shape index (κ2) is 5.70. The van der Waals surface area contributed by atoms with Crippen LogP contribution in [0.25, 0.3) is 0 Å². The Morgan fingerprint density at radius 2 is 2.00 bits per heavy atom. The Morgan fingerprint density at radius 3 is 2.47 bits per heavy atom. The van der Waals surface area contributed by atoms with E-state index < -0.39 is 5.97 Å². The fourth-order valence-electron chi connectivity index (χ4n) is 1.84. The first kappa shape index (κ1) is 12.0. The standard InChI is InChI=1S/C10H18N2O3/c1-2-12(7-9(13)14)10(15)8-3-5-11-6-4-8/h8,11H,2-7H2,1H3,(H,13,14). The second-order valence-electron chi connectivity index (χ2n) is 3.77. The molecule has 1 saturated heterocycles. The van der Waals surface area contributed by atoms with Gasteiger partial charge in [0, 0.05) is 12.5 Å². The Bertz CT molecular complexity index is 237. The maximum Gasteiger partial charge on any atom is 0.323 e. The number of aliphatic carboxylic acids is 1. The molecule has 2 N–H and O–H groups in total. The quantitative estimate of drug-likeness (QED) is 0.686. The zero-order valence-electron chi connectivity index (χ0n) is 9.03. The molecule has 0 aromatic rings. The largest absolute Gasteiger partial charge is 0.480 e. The number of amides is 1. The van der Waals surface area contributed by atoms with E-state index >= 15 is 0 Å². The summed E-state index contributed by atoms with van der Waals surface area (Å²) in [6, 6.07) is 0. The van der Waals surface area contributed by atoms with E-state index in [0.717, 1.165) is 25.9 Å². The molecule has 0 unspecified atom stereocenters. The number of piperidine rings is 1. The number of carboxylic acid groups (broad SMARTS) is 1. The fraction of sp³-hybridized carbons (Fsp3) is 0.800. The van der Waals surface area contributed by atoms with Crippen LogP contribution >= 0.6 is 0 Å². The van der Waals surface area contributed by atoms with Gasteiger partial charge in [-0.1, -0.05) is 0 Å². The normalized spacial score (nSPS) is 17.4. The summed E-state index contributed by atoms with van der Waals surface area (Å²) in [5.74, 6) is -0.953. The highest BCUT2D eigenvalue weighted by molar-refractivity contribution is 5.83. The van der Waals surface area contributed by atoms with Gasteiger partial charge >= 0.3 is 5.97 Å². The monoisotopic (exact) mass is 214 g/mol. The lowest BCUT2D eigenvalue weighted by Gasteiger charge is -2.27. The molecule has 0 bridgehead atoms. The molecule has 0 radical (unpaired) electrons. The third-order valence-corrected chi connectivity index (χ3v) is 2.71. The van der Waals surface area contributed by atoms with E-state index in [-0.39, 0.29) is 18.4 Å². The maximum atomic E-state index is 11.9. The second-order valence-corrected chi connectivity index (χ2v) is 3.77. The van der Waals surface area contributed by atoms with Crippen LogP contribution in [-0.2, 0) is 9.59 Å². The van der Waals surface area contributed by atoms with Crippen molar-refractivity contribution in [3.8, 4) is 0 Å². The molecule has 5 heteroatoms. The molecule has 0 spiro atoms. The molecule has 0 aliphatic carbocycles. The zero-order chi connectivity index (χ0) is 11.3. The Labute approximate surface area is 89.4 Å². The molecule has 0 aromatic heterocycles. The first-order valence-electron chi connectivity index (χ1n) is 5.36. The number of carboxylic acids is 1. The topological polar surface area (TPSA) is 69.6 Å². The summed E-state index contributed by atoms with van der Waals surface area (Å²) in [7, 11) is 0. The molecule has 0 aromatic carbocycles. The van der Waals surface area contributed by atoms with Gasteiger partial charge < -0.3 is 15.3 Å². The van der Waals surface area contributed by atoms with Crippen LogP contribution in [-0.4, -0.2) is 48.1 Å². The highest BCUT2D eigenvalue weighted by atomic mass is 16.4. The molecule has 1 fully saturated rings. The fourth-order valence-corrected chi connectivity index (χ4v) is 1.84. The van der Waals surface area contributed by atoms with Crippen LogP contribution in [0.4, 0.5) is 0 Å². The summed E-state index contributed by atoms with van der Waals surface area (Å²) < 4.78 is 0. The van der Waals surface area contributed by atoms with E-state index in [1.807, 2.05) is 6.92 Å². The van der Waals surface area contributed by atoms with Crippen molar-refractivity contribution in [3.05, 3.63) is 0 Å². The summed E-state index contributed by atoms with van der Waals surface area (Å²) >= 11 is 0. The number of carbonyl (C=O) groups excluding carboxylic acids is 1. The number of nitrogens with zero attached hydrogens (tertiary/aromatic N) is 1. The van der Waals surface area contributed by atoms with Crippen LogP contribution in [0.2, 0.25) is 0 Å². The van der Waals surface area contributed by atoms with Crippen LogP contribution in [0, 0.1) is 5.92 Å². The van der Waals surface area contributed by atoms with Gasteiger partial charge in [-0.05, 0) is 32.9 Å². The summed E-state index contributed by atoms with van der Waals surface area (Å²) in [6.45, 7) is 3.79. The van der Waals surface area contributed by atoms with Gasteiger partial charge in [-0.15, -0.1) is 0 Å². The number of nitrogens with one attached hydrogen (secondary N) is 1. The van der Waals surface area contributed by atoms with Gasteiger partial charge in [0.2, 0.25) is 5.91 Å². The van der Waals surface area contributed by atoms with E-state index in [1.165, 1.54) is 4.90 Å². The average Bonchev–Trinajstić information content (AvgIpc) is 2.26. The van der Waals surface area contributed by atoms with Gasteiger partial charge in [0.25, 0.3) is 0 Å². The van der Waals surface area contributed by atoms with Gasteiger partial charge in [0.1, 0.15) is 6.54 Å². The third kappa shape index (κ3) is 3.51. The van der Waals surface area contributed by atoms with Gasteiger partial charge in [-0.2, -0.15) is 0 Å². The van der Waals surface area contributed by atoms with E-state index in [9.17, 15) is 9.59 Å². The van der Waals surface area contributed by atoms with Crippen molar-refractivity contribution in [3.63, 3.8) is 0 Å². The van der Waals surface area contributed by atoms with E-state index in [1.54, 1.807) is 0 Å². The minimum atomic E-state index is -0.945. The summed E-state index contributed by atoms with van der Waals surface area (Å²) in [5, 5.41) is 11.8.